The lowest BCUT2D eigenvalue weighted by atomic mass is 9.93. The molecule has 0 amide bonds. The molecule has 0 bridgehead atoms. The van der Waals surface area contributed by atoms with Crippen LogP contribution in [0.1, 0.15) is 15.9 Å². The molecule has 2 aromatic carbocycles. The van der Waals surface area contributed by atoms with E-state index in [-0.39, 0.29) is 5.78 Å². The van der Waals surface area contributed by atoms with Gasteiger partial charge in [0.25, 0.3) is 0 Å². The second-order valence-corrected chi connectivity index (χ2v) is 10.4. The van der Waals surface area contributed by atoms with E-state index in [1.54, 1.807) is 11.8 Å². The number of benzene rings is 2. The van der Waals surface area contributed by atoms with Crippen LogP contribution in [0.2, 0.25) is 0 Å². The molecule has 4 nitrogen and oxygen atoms in total. The molecular formula is C21H21Br2NO3S. The van der Waals surface area contributed by atoms with Crippen molar-refractivity contribution in [3.63, 3.8) is 0 Å². The number of carbonyl (C=O) groups excluding carboxylic acids is 1. The number of Topliss-reactive ketones (excluding diaryl/α,β-unsaturated/α-hetero) is 1. The smallest absolute Gasteiger partial charge is 0.187 e. The molecule has 0 radical (unpaired) electrons. The van der Waals surface area contributed by atoms with Crippen molar-refractivity contribution in [3.05, 3.63) is 56.5 Å². The van der Waals surface area contributed by atoms with Gasteiger partial charge in [0.1, 0.15) is 17.1 Å². The number of hydrogen-bond donors (Lipinski definition) is 0. The van der Waals surface area contributed by atoms with E-state index in [2.05, 4.69) is 67.9 Å². The molecule has 28 heavy (non-hydrogen) atoms. The number of fused-ring (bicyclic) bond motifs is 1. The van der Waals surface area contributed by atoms with Crippen LogP contribution in [0.3, 0.4) is 0 Å². The number of aryl methyl sites for hydroxylation is 1. The fraction of sp³-hybridized carbons (Fsp3) is 0.381. The summed E-state index contributed by atoms with van der Waals surface area (Å²) >= 11 is 8.65. The number of halogens is 2. The Kier molecular flexibility index (Phi) is 6.18. The summed E-state index contributed by atoms with van der Waals surface area (Å²) in [6.45, 7) is 6.11. The van der Waals surface area contributed by atoms with E-state index in [0.717, 1.165) is 26.9 Å². The Hall–Kier alpha value is -0.860. The normalized spacial score (nSPS) is 22.6. The number of nitrogens with zero attached hydrogens (tertiary/aromatic N) is 1. The summed E-state index contributed by atoms with van der Waals surface area (Å²) in [5.74, 6) is 0.753. The number of thioether (sulfide) groups is 1. The van der Waals surface area contributed by atoms with Crippen molar-refractivity contribution in [2.24, 2.45) is 0 Å². The first-order chi connectivity index (χ1) is 13.5. The van der Waals surface area contributed by atoms with Crippen molar-refractivity contribution in [3.8, 4) is 5.75 Å². The van der Waals surface area contributed by atoms with Crippen LogP contribution in [0.15, 0.2) is 50.2 Å². The zero-order valence-electron chi connectivity index (χ0n) is 15.5. The summed E-state index contributed by atoms with van der Waals surface area (Å²) in [6.07, 6.45) is 0. The summed E-state index contributed by atoms with van der Waals surface area (Å²) in [5, 5.41) is 0. The van der Waals surface area contributed by atoms with Gasteiger partial charge >= 0.3 is 0 Å². The van der Waals surface area contributed by atoms with E-state index in [9.17, 15) is 4.79 Å². The third kappa shape index (κ3) is 4.19. The highest BCUT2D eigenvalue weighted by atomic mass is 79.9. The fourth-order valence-corrected chi connectivity index (χ4v) is 6.18. The van der Waals surface area contributed by atoms with E-state index in [1.165, 1.54) is 5.56 Å². The molecule has 0 unspecified atom stereocenters. The Morgan fingerprint density at radius 2 is 1.86 bits per heavy atom. The van der Waals surface area contributed by atoms with E-state index in [1.807, 2.05) is 12.1 Å². The Morgan fingerprint density at radius 1 is 1.14 bits per heavy atom. The van der Waals surface area contributed by atoms with Gasteiger partial charge in [-0.1, -0.05) is 33.6 Å². The van der Waals surface area contributed by atoms with Crippen molar-refractivity contribution < 1.29 is 14.3 Å². The van der Waals surface area contributed by atoms with E-state index in [4.69, 9.17) is 9.47 Å². The van der Waals surface area contributed by atoms with Crippen LogP contribution >= 0.6 is 43.6 Å². The van der Waals surface area contributed by atoms with Gasteiger partial charge in [0, 0.05) is 29.0 Å². The monoisotopic (exact) mass is 525 g/mol. The van der Waals surface area contributed by atoms with E-state index >= 15 is 0 Å². The van der Waals surface area contributed by atoms with Crippen molar-refractivity contribution >= 4 is 49.4 Å². The molecule has 2 heterocycles. The molecule has 7 heteroatoms. The van der Waals surface area contributed by atoms with Crippen LogP contribution < -0.4 is 4.74 Å². The molecule has 2 aromatic rings. The number of carbonyl (C=O) groups is 1. The highest BCUT2D eigenvalue weighted by Gasteiger charge is 2.47. The highest BCUT2D eigenvalue weighted by Crippen LogP contribution is 2.45. The Morgan fingerprint density at radius 3 is 2.57 bits per heavy atom. The van der Waals surface area contributed by atoms with Crippen LogP contribution in [-0.2, 0) is 4.74 Å². The standard InChI is InChI=1S/C21H21Br2NO3S/c1-14-2-4-16(5-3-14)28-21(12-24-6-8-26-9-7-24)13-27-19-17(20(21)25)10-15(22)11-18(19)23/h2-5,10-11H,6-9,12-13H2,1H3/t21-/m1/s1. The summed E-state index contributed by atoms with van der Waals surface area (Å²) in [5.41, 5.74) is 1.83. The third-order valence-electron chi connectivity index (χ3n) is 5.03. The molecular weight excluding hydrogens is 506 g/mol. The second-order valence-electron chi connectivity index (χ2n) is 7.18. The molecule has 0 spiro atoms. The van der Waals surface area contributed by atoms with Crippen molar-refractivity contribution in [1.82, 2.24) is 4.90 Å². The predicted molar refractivity (Wildman–Crippen MR) is 119 cm³/mol. The van der Waals surface area contributed by atoms with E-state index in [0.29, 0.717) is 37.7 Å². The number of morpholine rings is 1. The molecule has 0 aliphatic carbocycles. The maximum absolute atomic E-state index is 13.8. The minimum atomic E-state index is -0.695. The van der Waals surface area contributed by atoms with Gasteiger partial charge < -0.3 is 9.47 Å². The minimum Gasteiger partial charge on any atom is -0.490 e. The molecule has 0 saturated carbocycles. The Balaban J connectivity index is 1.71. The molecule has 0 aromatic heterocycles. The van der Waals surface area contributed by atoms with Crippen LogP contribution in [0.25, 0.3) is 0 Å². The van der Waals surface area contributed by atoms with Crippen molar-refractivity contribution in [1.29, 1.82) is 0 Å². The largest absolute Gasteiger partial charge is 0.490 e. The zero-order chi connectivity index (χ0) is 19.7. The van der Waals surface area contributed by atoms with Crippen LogP contribution in [0.5, 0.6) is 5.75 Å². The Labute approximate surface area is 186 Å². The third-order valence-corrected chi connectivity index (χ3v) is 7.41. The number of hydrogen-bond acceptors (Lipinski definition) is 5. The minimum absolute atomic E-state index is 0.118. The van der Waals surface area contributed by atoms with Crippen LogP contribution in [0, 0.1) is 6.92 Å². The molecule has 0 N–H and O–H groups in total. The lowest BCUT2D eigenvalue weighted by molar-refractivity contribution is 0.0287. The summed E-state index contributed by atoms with van der Waals surface area (Å²) in [7, 11) is 0. The molecule has 148 valence electrons. The van der Waals surface area contributed by atoms with Gasteiger partial charge in [-0.05, 0) is 47.1 Å². The average Bonchev–Trinajstić information content (AvgIpc) is 2.68. The van der Waals surface area contributed by atoms with Gasteiger partial charge in [-0.15, -0.1) is 11.8 Å². The first kappa shape index (κ1) is 20.4. The van der Waals surface area contributed by atoms with Gasteiger partial charge in [0.05, 0.1) is 23.2 Å². The topological polar surface area (TPSA) is 38.8 Å². The maximum atomic E-state index is 13.8. The molecule has 2 aliphatic rings. The Bertz CT molecular complexity index is 884. The summed E-state index contributed by atoms with van der Waals surface area (Å²) in [6, 6.07) is 12.1. The molecule has 2 aliphatic heterocycles. The quantitative estimate of drug-likeness (QED) is 0.563. The number of ether oxygens (including phenoxy) is 2. The predicted octanol–water partition coefficient (Wildman–Crippen LogP) is 4.96. The SMILES string of the molecule is Cc1ccc(S[C@]2(CN3CCOCC3)COc3c(Br)cc(Br)cc3C2=O)cc1. The molecule has 1 saturated heterocycles. The van der Waals surface area contributed by atoms with Gasteiger partial charge in [-0.3, -0.25) is 9.69 Å². The highest BCUT2D eigenvalue weighted by molar-refractivity contribution is 9.11. The molecule has 4 rings (SSSR count). The van der Waals surface area contributed by atoms with E-state index < -0.39 is 4.75 Å². The summed E-state index contributed by atoms with van der Waals surface area (Å²) in [4.78, 5) is 17.2. The first-order valence-electron chi connectivity index (χ1n) is 9.19. The molecule has 1 fully saturated rings. The molecule has 1 atom stereocenters. The van der Waals surface area contributed by atoms with Crippen LogP contribution in [-0.4, -0.2) is 54.9 Å². The number of rotatable bonds is 4. The lowest BCUT2D eigenvalue weighted by Crippen LogP contribution is -2.54. The first-order valence-corrected chi connectivity index (χ1v) is 11.6. The van der Waals surface area contributed by atoms with Gasteiger partial charge in [0.2, 0.25) is 0 Å². The van der Waals surface area contributed by atoms with Crippen molar-refractivity contribution in [2.45, 2.75) is 16.6 Å². The average molecular weight is 527 g/mol. The maximum Gasteiger partial charge on any atom is 0.187 e. The van der Waals surface area contributed by atoms with Gasteiger partial charge in [-0.2, -0.15) is 0 Å². The summed E-state index contributed by atoms with van der Waals surface area (Å²) < 4.78 is 12.6. The van der Waals surface area contributed by atoms with Gasteiger partial charge in [-0.25, -0.2) is 0 Å². The van der Waals surface area contributed by atoms with Crippen molar-refractivity contribution in [2.75, 3.05) is 39.5 Å². The van der Waals surface area contributed by atoms with Crippen LogP contribution in [0.4, 0.5) is 0 Å². The lowest BCUT2D eigenvalue weighted by Gasteiger charge is -2.40. The van der Waals surface area contributed by atoms with Gasteiger partial charge in [0.15, 0.2) is 5.78 Å². The number of ketones is 1. The fourth-order valence-electron chi connectivity index (χ4n) is 3.55. The zero-order valence-corrected chi connectivity index (χ0v) is 19.5. The second kappa shape index (κ2) is 8.48.